The molecule has 0 saturated heterocycles. The van der Waals surface area contributed by atoms with Gasteiger partial charge in [-0.25, -0.2) is 9.59 Å². The van der Waals surface area contributed by atoms with Gasteiger partial charge in [0.05, 0.1) is 35.1 Å². The van der Waals surface area contributed by atoms with E-state index in [4.69, 9.17) is 10.5 Å². The van der Waals surface area contributed by atoms with E-state index in [1.807, 2.05) is 6.07 Å². The van der Waals surface area contributed by atoms with Crippen molar-refractivity contribution in [3.8, 4) is 11.8 Å². The van der Waals surface area contributed by atoms with Gasteiger partial charge < -0.3 is 20.1 Å². The van der Waals surface area contributed by atoms with E-state index in [1.54, 1.807) is 18.2 Å². The van der Waals surface area contributed by atoms with Crippen LogP contribution in [-0.4, -0.2) is 33.7 Å². The molecule has 0 amide bonds. The number of carboxylic acid groups (broad SMARTS) is 1. The number of benzene rings is 1. The standard InChI is InChI=1S/C17H12N4O4/c1-25-17(24)15-14(19)10(6-18)8-21(15)13-4-2-3-12-11(13)5-9(7-20-12)16(22)23/h2-5,7-8H,19H2,1H3,(H,22,23). The van der Waals surface area contributed by atoms with Gasteiger partial charge in [-0.05, 0) is 18.2 Å². The quantitative estimate of drug-likeness (QED) is 0.699. The lowest BCUT2D eigenvalue weighted by Crippen LogP contribution is -2.11. The number of pyridine rings is 1. The van der Waals surface area contributed by atoms with E-state index in [-0.39, 0.29) is 22.5 Å². The molecule has 1 aromatic carbocycles. The number of nitriles is 1. The molecule has 8 nitrogen and oxygen atoms in total. The van der Waals surface area contributed by atoms with Gasteiger partial charge >= 0.3 is 11.9 Å². The highest BCUT2D eigenvalue weighted by Gasteiger charge is 2.23. The Kier molecular flexibility index (Phi) is 3.83. The Labute approximate surface area is 141 Å². The van der Waals surface area contributed by atoms with Gasteiger partial charge in [-0.15, -0.1) is 0 Å². The van der Waals surface area contributed by atoms with Gasteiger partial charge in [-0.1, -0.05) is 6.07 Å². The van der Waals surface area contributed by atoms with E-state index in [2.05, 4.69) is 4.98 Å². The van der Waals surface area contributed by atoms with Crippen molar-refractivity contribution in [3.63, 3.8) is 0 Å². The van der Waals surface area contributed by atoms with Crippen LogP contribution < -0.4 is 5.73 Å². The maximum absolute atomic E-state index is 12.1. The molecule has 3 aromatic rings. The summed E-state index contributed by atoms with van der Waals surface area (Å²) in [7, 11) is 1.21. The third kappa shape index (κ3) is 2.53. The number of nitrogen functional groups attached to an aromatic ring is 1. The third-order valence-corrected chi connectivity index (χ3v) is 3.75. The van der Waals surface area contributed by atoms with Crippen LogP contribution in [0, 0.1) is 11.3 Å². The largest absolute Gasteiger partial charge is 0.478 e. The molecule has 0 aliphatic carbocycles. The number of aromatic nitrogens is 2. The first-order valence-electron chi connectivity index (χ1n) is 7.09. The monoisotopic (exact) mass is 336 g/mol. The van der Waals surface area contributed by atoms with Crippen molar-refractivity contribution in [2.75, 3.05) is 12.8 Å². The van der Waals surface area contributed by atoms with Crippen molar-refractivity contribution in [1.82, 2.24) is 9.55 Å². The van der Waals surface area contributed by atoms with Crippen molar-refractivity contribution >= 4 is 28.5 Å². The molecule has 3 rings (SSSR count). The second-order valence-corrected chi connectivity index (χ2v) is 5.15. The van der Waals surface area contributed by atoms with Crippen LogP contribution in [0.1, 0.15) is 26.4 Å². The van der Waals surface area contributed by atoms with Gasteiger partial charge in [0.2, 0.25) is 0 Å². The van der Waals surface area contributed by atoms with Crippen LogP contribution in [0.3, 0.4) is 0 Å². The highest BCUT2D eigenvalue weighted by atomic mass is 16.5. The minimum atomic E-state index is -1.12. The molecule has 124 valence electrons. The average Bonchev–Trinajstić information content (AvgIpc) is 2.96. The number of carbonyl (C=O) groups is 2. The van der Waals surface area contributed by atoms with Gasteiger partial charge in [-0.2, -0.15) is 5.26 Å². The van der Waals surface area contributed by atoms with E-state index in [9.17, 15) is 20.0 Å². The first kappa shape index (κ1) is 16.0. The number of ether oxygens (including phenoxy) is 1. The fourth-order valence-electron chi connectivity index (χ4n) is 2.57. The molecule has 0 aliphatic rings. The Bertz CT molecular complexity index is 1060. The second kappa shape index (κ2) is 5.98. The predicted octanol–water partition coefficient (Wildman–Crippen LogP) is 1.96. The first-order chi connectivity index (χ1) is 12.0. The molecular weight excluding hydrogens is 324 g/mol. The number of fused-ring (bicyclic) bond motifs is 1. The number of methoxy groups -OCH3 is 1. The lowest BCUT2D eigenvalue weighted by molar-refractivity contribution is 0.0592. The number of esters is 1. The minimum absolute atomic E-state index is 0.000188. The van der Waals surface area contributed by atoms with Crippen molar-refractivity contribution in [2.45, 2.75) is 0 Å². The Balaban J connectivity index is 2.37. The summed E-state index contributed by atoms with van der Waals surface area (Å²) < 4.78 is 6.16. The van der Waals surface area contributed by atoms with Crippen molar-refractivity contribution < 1.29 is 19.4 Å². The van der Waals surface area contributed by atoms with Gasteiger partial charge in [0.25, 0.3) is 0 Å². The van der Waals surface area contributed by atoms with E-state index in [1.165, 1.54) is 30.1 Å². The normalized spacial score (nSPS) is 10.4. The molecule has 0 fully saturated rings. The molecule has 0 bridgehead atoms. The van der Waals surface area contributed by atoms with Crippen LogP contribution in [0.15, 0.2) is 36.7 Å². The van der Waals surface area contributed by atoms with E-state index < -0.39 is 11.9 Å². The molecule has 0 radical (unpaired) electrons. The molecule has 2 aromatic heterocycles. The average molecular weight is 336 g/mol. The molecule has 3 N–H and O–H groups in total. The van der Waals surface area contributed by atoms with Crippen molar-refractivity contribution in [3.05, 3.63) is 53.5 Å². The number of hydrogen-bond donors (Lipinski definition) is 2. The minimum Gasteiger partial charge on any atom is -0.478 e. The fourth-order valence-corrected chi connectivity index (χ4v) is 2.57. The summed E-state index contributed by atoms with van der Waals surface area (Å²) in [4.78, 5) is 27.5. The number of nitrogens with zero attached hydrogens (tertiary/aromatic N) is 3. The SMILES string of the molecule is COC(=O)c1c(N)c(C#N)cn1-c1cccc2ncc(C(=O)O)cc12. The highest BCUT2D eigenvalue weighted by molar-refractivity contribution is 5.99. The highest BCUT2D eigenvalue weighted by Crippen LogP contribution is 2.29. The maximum atomic E-state index is 12.1. The van der Waals surface area contributed by atoms with Crippen LogP contribution in [-0.2, 0) is 4.74 Å². The van der Waals surface area contributed by atoms with E-state index in [0.717, 1.165) is 0 Å². The molecule has 25 heavy (non-hydrogen) atoms. The lowest BCUT2D eigenvalue weighted by atomic mass is 10.1. The Morgan fingerprint density at radius 3 is 2.80 bits per heavy atom. The molecular formula is C17H12N4O4. The molecule has 0 aliphatic heterocycles. The number of carbonyl (C=O) groups excluding carboxylic acids is 1. The Hall–Kier alpha value is -3.86. The van der Waals surface area contributed by atoms with Crippen molar-refractivity contribution in [2.24, 2.45) is 0 Å². The van der Waals surface area contributed by atoms with Crippen LogP contribution in [0.2, 0.25) is 0 Å². The Morgan fingerprint density at radius 2 is 2.16 bits per heavy atom. The third-order valence-electron chi connectivity index (χ3n) is 3.75. The van der Waals surface area contributed by atoms with Gasteiger partial charge in [0.1, 0.15) is 6.07 Å². The summed E-state index contributed by atoms with van der Waals surface area (Å²) >= 11 is 0. The smallest absolute Gasteiger partial charge is 0.357 e. The van der Waals surface area contributed by atoms with Crippen LogP contribution in [0.25, 0.3) is 16.6 Å². The maximum Gasteiger partial charge on any atom is 0.357 e. The zero-order chi connectivity index (χ0) is 18.1. The zero-order valence-electron chi connectivity index (χ0n) is 13.1. The van der Waals surface area contributed by atoms with Gasteiger partial charge in [0.15, 0.2) is 5.69 Å². The Morgan fingerprint density at radius 1 is 1.40 bits per heavy atom. The number of rotatable bonds is 3. The number of aromatic carboxylic acids is 1. The summed E-state index contributed by atoms with van der Waals surface area (Å²) in [6.45, 7) is 0. The molecule has 2 heterocycles. The van der Waals surface area contributed by atoms with Crippen LogP contribution in [0.4, 0.5) is 5.69 Å². The summed E-state index contributed by atoms with van der Waals surface area (Å²) in [5.41, 5.74) is 6.99. The molecule has 0 atom stereocenters. The first-order valence-corrected chi connectivity index (χ1v) is 7.09. The van der Waals surface area contributed by atoms with Crippen molar-refractivity contribution in [1.29, 1.82) is 5.26 Å². The van der Waals surface area contributed by atoms with E-state index >= 15 is 0 Å². The van der Waals surface area contributed by atoms with E-state index in [0.29, 0.717) is 16.6 Å². The topological polar surface area (TPSA) is 131 Å². The number of anilines is 1. The van der Waals surface area contributed by atoms with Crippen LogP contribution in [0.5, 0.6) is 0 Å². The summed E-state index contributed by atoms with van der Waals surface area (Å²) in [6, 6.07) is 8.45. The molecule has 0 saturated carbocycles. The van der Waals surface area contributed by atoms with Crippen LogP contribution >= 0.6 is 0 Å². The summed E-state index contributed by atoms with van der Waals surface area (Å²) in [5.74, 6) is -1.83. The predicted molar refractivity (Wildman–Crippen MR) is 88.5 cm³/mol. The number of carboxylic acids is 1. The fraction of sp³-hybridized carbons (Fsp3) is 0.0588. The second-order valence-electron chi connectivity index (χ2n) is 5.15. The van der Waals surface area contributed by atoms with Gasteiger partial charge in [0, 0.05) is 17.8 Å². The number of hydrogen-bond acceptors (Lipinski definition) is 6. The summed E-state index contributed by atoms with van der Waals surface area (Å²) in [6.07, 6.45) is 2.66. The zero-order valence-corrected chi connectivity index (χ0v) is 13.1. The number of nitrogens with two attached hydrogens (primary N) is 1. The summed E-state index contributed by atoms with van der Waals surface area (Å²) in [5, 5.41) is 18.9. The molecule has 0 spiro atoms. The van der Waals surface area contributed by atoms with Gasteiger partial charge in [-0.3, -0.25) is 4.98 Å². The lowest BCUT2D eigenvalue weighted by Gasteiger charge is -2.11. The molecule has 8 heteroatoms. The molecule has 0 unspecified atom stereocenters.